The highest BCUT2D eigenvalue weighted by molar-refractivity contribution is 5.94. The second-order valence-corrected chi connectivity index (χ2v) is 6.11. The lowest BCUT2D eigenvalue weighted by Crippen LogP contribution is -2.38. The van der Waals surface area contributed by atoms with E-state index in [4.69, 9.17) is 0 Å². The normalized spacial score (nSPS) is 21.0. The monoisotopic (exact) mass is 308 g/mol. The van der Waals surface area contributed by atoms with Gasteiger partial charge >= 0.3 is 0 Å². The number of carbonyl (C=O) groups is 1. The fraction of sp³-hybridized carbons (Fsp3) is 0.588. The number of piperidine rings is 1. The molecule has 116 valence electrons. The molecule has 1 aromatic rings. The summed E-state index contributed by atoms with van der Waals surface area (Å²) >= 11 is 0. The molecule has 3 nitrogen and oxygen atoms in total. The highest BCUT2D eigenvalue weighted by Crippen LogP contribution is 2.22. The van der Waals surface area contributed by atoms with E-state index in [1.807, 2.05) is 6.07 Å². The molecule has 1 aliphatic heterocycles. The Balaban J connectivity index is 0.00000161. The number of amides is 1. The van der Waals surface area contributed by atoms with E-state index < -0.39 is 0 Å². The van der Waals surface area contributed by atoms with Gasteiger partial charge in [-0.1, -0.05) is 6.07 Å². The quantitative estimate of drug-likeness (QED) is 0.901. The van der Waals surface area contributed by atoms with Crippen LogP contribution in [0.2, 0.25) is 0 Å². The van der Waals surface area contributed by atoms with Gasteiger partial charge in [0, 0.05) is 12.1 Å². The number of rotatable bonds is 3. The Kier molecular flexibility index (Phi) is 6.07. The van der Waals surface area contributed by atoms with Gasteiger partial charge in [0.05, 0.1) is 0 Å². The number of carbonyl (C=O) groups excluding carboxylic acids is 1. The van der Waals surface area contributed by atoms with E-state index in [0.29, 0.717) is 5.92 Å². The van der Waals surface area contributed by atoms with Crippen LogP contribution in [0.5, 0.6) is 0 Å². The molecule has 4 heteroatoms. The summed E-state index contributed by atoms with van der Waals surface area (Å²) in [5, 5.41) is 6.48. The minimum Gasteiger partial charge on any atom is -0.352 e. The molecule has 3 rings (SSSR count). The van der Waals surface area contributed by atoms with Crippen molar-refractivity contribution in [3.8, 4) is 0 Å². The fourth-order valence-electron chi connectivity index (χ4n) is 3.31. The van der Waals surface area contributed by atoms with Gasteiger partial charge in [0.15, 0.2) is 0 Å². The third-order valence-corrected chi connectivity index (χ3v) is 4.56. The molecule has 1 amide bonds. The molecule has 0 radical (unpaired) electrons. The lowest BCUT2D eigenvalue weighted by atomic mass is 9.90. The van der Waals surface area contributed by atoms with Gasteiger partial charge < -0.3 is 10.6 Å². The van der Waals surface area contributed by atoms with Gasteiger partial charge in [-0.15, -0.1) is 12.4 Å². The zero-order chi connectivity index (χ0) is 13.8. The molecular weight excluding hydrogens is 284 g/mol. The van der Waals surface area contributed by atoms with Crippen LogP contribution >= 0.6 is 12.4 Å². The minimum atomic E-state index is 0. The highest BCUT2D eigenvalue weighted by Gasteiger charge is 2.16. The molecule has 1 heterocycles. The van der Waals surface area contributed by atoms with E-state index in [9.17, 15) is 4.79 Å². The number of halogens is 1. The van der Waals surface area contributed by atoms with Crippen molar-refractivity contribution in [3.63, 3.8) is 0 Å². The summed E-state index contributed by atoms with van der Waals surface area (Å²) < 4.78 is 0. The largest absolute Gasteiger partial charge is 0.352 e. The van der Waals surface area contributed by atoms with E-state index in [-0.39, 0.29) is 18.3 Å². The van der Waals surface area contributed by atoms with Crippen molar-refractivity contribution < 1.29 is 4.79 Å². The van der Waals surface area contributed by atoms with Gasteiger partial charge in [0.1, 0.15) is 0 Å². The van der Waals surface area contributed by atoms with Gasteiger partial charge in [0.25, 0.3) is 5.91 Å². The Bertz CT molecular complexity index is 484. The van der Waals surface area contributed by atoms with Crippen LogP contribution in [0.25, 0.3) is 0 Å². The summed E-state index contributed by atoms with van der Waals surface area (Å²) in [5.74, 6) is 0.675. The Hall–Kier alpha value is -1.06. The zero-order valence-electron chi connectivity index (χ0n) is 12.5. The van der Waals surface area contributed by atoms with Crippen molar-refractivity contribution in [2.75, 3.05) is 19.6 Å². The third kappa shape index (κ3) is 4.21. The van der Waals surface area contributed by atoms with Crippen molar-refractivity contribution in [2.45, 2.75) is 38.5 Å². The first kappa shape index (κ1) is 16.3. The van der Waals surface area contributed by atoms with E-state index in [0.717, 1.165) is 31.6 Å². The van der Waals surface area contributed by atoms with E-state index in [1.165, 1.54) is 43.2 Å². The van der Waals surface area contributed by atoms with Crippen LogP contribution < -0.4 is 10.6 Å². The Labute approximate surface area is 133 Å². The van der Waals surface area contributed by atoms with Crippen LogP contribution in [0.3, 0.4) is 0 Å². The topological polar surface area (TPSA) is 41.1 Å². The molecule has 1 unspecified atom stereocenters. The molecule has 0 spiro atoms. The first-order valence-corrected chi connectivity index (χ1v) is 7.93. The third-order valence-electron chi connectivity index (χ3n) is 4.56. The summed E-state index contributed by atoms with van der Waals surface area (Å²) in [6.07, 6.45) is 7.28. The molecule has 0 bridgehead atoms. The van der Waals surface area contributed by atoms with Crippen molar-refractivity contribution >= 4 is 18.3 Å². The summed E-state index contributed by atoms with van der Waals surface area (Å²) in [7, 11) is 0. The number of nitrogens with one attached hydrogen (secondary N) is 2. The predicted molar refractivity (Wildman–Crippen MR) is 88.3 cm³/mol. The number of benzene rings is 1. The molecule has 1 aromatic carbocycles. The van der Waals surface area contributed by atoms with E-state index in [1.54, 1.807) is 0 Å². The van der Waals surface area contributed by atoms with Gasteiger partial charge in [-0.3, -0.25) is 4.79 Å². The number of hydrogen-bond donors (Lipinski definition) is 2. The van der Waals surface area contributed by atoms with Crippen molar-refractivity contribution in [1.82, 2.24) is 10.6 Å². The van der Waals surface area contributed by atoms with Gasteiger partial charge in [0.2, 0.25) is 0 Å². The Morgan fingerprint density at radius 2 is 2.00 bits per heavy atom. The molecule has 0 aromatic heterocycles. The van der Waals surface area contributed by atoms with Crippen molar-refractivity contribution in [2.24, 2.45) is 5.92 Å². The molecular formula is C17H25ClN2O. The standard InChI is InChI=1S/C17H24N2O.ClH/c20-17(19-12-13-4-3-9-18-11-13)16-8-7-14-5-1-2-6-15(14)10-16;/h7-8,10,13,18H,1-6,9,11-12H2,(H,19,20);1H. The van der Waals surface area contributed by atoms with Crippen molar-refractivity contribution in [1.29, 1.82) is 0 Å². The predicted octanol–water partition coefficient (Wildman–Crippen LogP) is 2.72. The molecule has 1 aliphatic carbocycles. The smallest absolute Gasteiger partial charge is 0.251 e. The summed E-state index contributed by atoms with van der Waals surface area (Å²) in [5.41, 5.74) is 3.64. The zero-order valence-corrected chi connectivity index (χ0v) is 13.3. The molecule has 2 aliphatic rings. The SMILES string of the molecule is Cl.O=C(NCC1CCCNC1)c1ccc2c(c1)CCCC2. The summed E-state index contributed by atoms with van der Waals surface area (Å²) in [6, 6.07) is 6.23. The molecule has 1 atom stereocenters. The van der Waals surface area contributed by atoms with Crippen LogP contribution in [-0.4, -0.2) is 25.5 Å². The molecule has 1 fully saturated rings. The lowest BCUT2D eigenvalue weighted by molar-refractivity contribution is 0.0944. The van der Waals surface area contributed by atoms with Gasteiger partial charge in [-0.25, -0.2) is 0 Å². The van der Waals surface area contributed by atoms with Crippen LogP contribution in [-0.2, 0) is 12.8 Å². The first-order chi connectivity index (χ1) is 9.83. The average Bonchev–Trinajstić information content (AvgIpc) is 2.53. The molecule has 2 N–H and O–H groups in total. The number of hydrogen-bond acceptors (Lipinski definition) is 2. The van der Waals surface area contributed by atoms with E-state index >= 15 is 0 Å². The second kappa shape index (κ2) is 7.81. The van der Waals surface area contributed by atoms with Gasteiger partial charge in [-0.2, -0.15) is 0 Å². The van der Waals surface area contributed by atoms with Crippen LogP contribution in [0.15, 0.2) is 18.2 Å². The van der Waals surface area contributed by atoms with E-state index in [2.05, 4.69) is 22.8 Å². The van der Waals surface area contributed by atoms with Gasteiger partial charge in [-0.05, 0) is 80.8 Å². The molecule has 1 saturated heterocycles. The number of aryl methyl sites for hydroxylation is 2. The van der Waals surface area contributed by atoms with Crippen LogP contribution in [0.1, 0.15) is 47.2 Å². The Morgan fingerprint density at radius 3 is 2.76 bits per heavy atom. The average molecular weight is 309 g/mol. The maximum Gasteiger partial charge on any atom is 0.251 e. The summed E-state index contributed by atoms with van der Waals surface area (Å²) in [6.45, 7) is 2.95. The summed E-state index contributed by atoms with van der Waals surface area (Å²) in [4.78, 5) is 12.2. The molecule has 21 heavy (non-hydrogen) atoms. The lowest BCUT2D eigenvalue weighted by Gasteiger charge is -2.23. The van der Waals surface area contributed by atoms with Crippen molar-refractivity contribution in [3.05, 3.63) is 34.9 Å². The minimum absolute atomic E-state index is 0. The fourth-order valence-corrected chi connectivity index (χ4v) is 3.31. The Morgan fingerprint density at radius 1 is 1.19 bits per heavy atom. The maximum absolute atomic E-state index is 12.2. The first-order valence-electron chi connectivity index (χ1n) is 7.93. The maximum atomic E-state index is 12.2. The van der Waals surface area contributed by atoms with Crippen LogP contribution in [0, 0.1) is 5.92 Å². The van der Waals surface area contributed by atoms with Crippen LogP contribution in [0.4, 0.5) is 0 Å². The second-order valence-electron chi connectivity index (χ2n) is 6.11. The number of fused-ring (bicyclic) bond motifs is 1. The molecule has 0 saturated carbocycles. The highest BCUT2D eigenvalue weighted by atomic mass is 35.5.